The third-order valence-corrected chi connectivity index (χ3v) is 7.04. The summed E-state index contributed by atoms with van der Waals surface area (Å²) < 4.78 is 22.2. The second-order valence-corrected chi connectivity index (χ2v) is 9.67. The molecular weight excluding hydrogens is 344 g/mol. The van der Waals surface area contributed by atoms with E-state index in [0.717, 1.165) is 58.5 Å². The first-order valence-electron chi connectivity index (χ1n) is 11.1. The predicted octanol–water partition coefficient (Wildman–Crippen LogP) is 1.38. The fraction of sp³-hybridized carbons (Fsp3) is 1.00. The van der Waals surface area contributed by atoms with E-state index in [4.69, 9.17) is 18.9 Å². The topological polar surface area (TPSA) is 56.6 Å². The summed E-state index contributed by atoms with van der Waals surface area (Å²) in [5, 5.41) is 0. The lowest BCUT2D eigenvalue weighted by Gasteiger charge is -2.47. The smallest absolute Gasteiger partial charge is 0.0936 e. The molecule has 0 spiro atoms. The van der Waals surface area contributed by atoms with Crippen LogP contribution >= 0.6 is 0 Å². The monoisotopic (exact) mass is 380 g/mol. The standard InChI is InChI=1S/C21H36N2O4/c1-14(2)20-5-15(22(6-16-10-24-16)7-17-11-25-17)3-4-21(20)23(8-18-12-26-18)9-19-13-27-19/h14-21H,3-13H2,1-2H3/t15?,16?,17?,18?,19?,20-,21?/m1/s1. The second-order valence-electron chi connectivity index (χ2n) is 9.67. The Balaban J connectivity index is 1.25. The summed E-state index contributed by atoms with van der Waals surface area (Å²) >= 11 is 0. The maximum atomic E-state index is 5.57. The number of ether oxygens (including phenoxy) is 4. The van der Waals surface area contributed by atoms with Crippen molar-refractivity contribution in [2.45, 2.75) is 69.6 Å². The molecule has 6 nitrogen and oxygen atoms in total. The van der Waals surface area contributed by atoms with Crippen molar-refractivity contribution < 1.29 is 18.9 Å². The molecule has 7 atom stereocenters. The first kappa shape index (κ1) is 18.8. The minimum atomic E-state index is 0.463. The van der Waals surface area contributed by atoms with Crippen molar-refractivity contribution in [1.82, 2.24) is 9.80 Å². The molecule has 0 amide bonds. The van der Waals surface area contributed by atoms with Crippen LogP contribution in [0.5, 0.6) is 0 Å². The summed E-state index contributed by atoms with van der Waals surface area (Å²) in [5.74, 6) is 1.45. The van der Waals surface area contributed by atoms with E-state index in [1.54, 1.807) is 0 Å². The summed E-state index contributed by atoms with van der Waals surface area (Å²) in [4.78, 5) is 5.41. The molecule has 0 aromatic heterocycles. The predicted molar refractivity (Wildman–Crippen MR) is 102 cm³/mol. The summed E-state index contributed by atoms with van der Waals surface area (Å²) in [5.41, 5.74) is 0. The van der Waals surface area contributed by atoms with Gasteiger partial charge >= 0.3 is 0 Å². The average molecular weight is 381 g/mol. The van der Waals surface area contributed by atoms with E-state index in [1.807, 2.05) is 0 Å². The normalized spacial score (nSPS) is 42.8. The lowest BCUT2D eigenvalue weighted by atomic mass is 9.74. The van der Waals surface area contributed by atoms with Crippen LogP contribution in [0, 0.1) is 11.8 Å². The van der Waals surface area contributed by atoms with Crippen LogP contribution in [0.25, 0.3) is 0 Å². The maximum absolute atomic E-state index is 5.57. The zero-order valence-electron chi connectivity index (χ0n) is 16.9. The van der Waals surface area contributed by atoms with Crippen LogP contribution in [0.15, 0.2) is 0 Å². The Morgan fingerprint density at radius 3 is 1.56 bits per heavy atom. The minimum absolute atomic E-state index is 0.463. The van der Waals surface area contributed by atoms with Crippen molar-refractivity contribution >= 4 is 0 Å². The molecule has 0 radical (unpaired) electrons. The Morgan fingerprint density at radius 2 is 1.15 bits per heavy atom. The number of hydrogen-bond donors (Lipinski definition) is 0. The van der Waals surface area contributed by atoms with Gasteiger partial charge in [-0.25, -0.2) is 0 Å². The van der Waals surface area contributed by atoms with Gasteiger partial charge in [-0.1, -0.05) is 13.8 Å². The van der Waals surface area contributed by atoms with Gasteiger partial charge < -0.3 is 18.9 Å². The third kappa shape index (κ3) is 5.22. The van der Waals surface area contributed by atoms with Crippen molar-refractivity contribution in [2.75, 3.05) is 52.6 Å². The molecule has 1 saturated carbocycles. The van der Waals surface area contributed by atoms with E-state index in [0.29, 0.717) is 42.4 Å². The highest BCUT2D eigenvalue weighted by atomic mass is 16.6. The van der Waals surface area contributed by atoms with E-state index in [9.17, 15) is 0 Å². The Bertz CT molecular complexity index is 474. The highest BCUT2D eigenvalue weighted by molar-refractivity contribution is 4.96. The van der Waals surface area contributed by atoms with Crippen LogP contribution in [-0.4, -0.2) is 98.9 Å². The minimum Gasteiger partial charge on any atom is -0.372 e. The molecule has 5 aliphatic rings. The molecule has 0 N–H and O–H groups in total. The fourth-order valence-electron chi connectivity index (χ4n) is 5.13. The Hall–Kier alpha value is -0.240. The number of epoxide rings is 4. The highest BCUT2D eigenvalue weighted by Crippen LogP contribution is 2.38. The van der Waals surface area contributed by atoms with Crippen LogP contribution in [0.4, 0.5) is 0 Å². The van der Waals surface area contributed by atoms with E-state index in [-0.39, 0.29) is 0 Å². The molecule has 0 aromatic rings. The molecule has 4 aliphatic heterocycles. The van der Waals surface area contributed by atoms with Crippen LogP contribution < -0.4 is 0 Å². The Labute approximate surface area is 163 Å². The van der Waals surface area contributed by atoms with Gasteiger partial charge in [0.05, 0.1) is 50.8 Å². The van der Waals surface area contributed by atoms with Crippen LogP contribution in [0.3, 0.4) is 0 Å². The lowest BCUT2D eigenvalue weighted by molar-refractivity contribution is 0.0215. The van der Waals surface area contributed by atoms with Crippen molar-refractivity contribution in [1.29, 1.82) is 0 Å². The van der Waals surface area contributed by atoms with Gasteiger partial charge in [-0.15, -0.1) is 0 Å². The van der Waals surface area contributed by atoms with Gasteiger partial charge in [-0.2, -0.15) is 0 Å². The zero-order valence-corrected chi connectivity index (χ0v) is 16.9. The van der Waals surface area contributed by atoms with E-state index >= 15 is 0 Å². The first-order chi connectivity index (χ1) is 13.2. The van der Waals surface area contributed by atoms with E-state index in [2.05, 4.69) is 23.6 Å². The van der Waals surface area contributed by atoms with Gasteiger partial charge in [0.15, 0.2) is 0 Å². The first-order valence-corrected chi connectivity index (χ1v) is 11.1. The van der Waals surface area contributed by atoms with Gasteiger partial charge in [0.2, 0.25) is 0 Å². The molecule has 27 heavy (non-hydrogen) atoms. The molecule has 6 unspecified atom stereocenters. The second kappa shape index (κ2) is 7.88. The Morgan fingerprint density at radius 1 is 0.704 bits per heavy atom. The van der Waals surface area contributed by atoms with E-state index < -0.39 is 0 Å². The molecule has 0 aromatic carbocycles. The number of rotatable bonds is 11. The van der Waals surface area contributed by atoms with Crippen molar-refractivity contribution in [3.05, 3.63) is 0 Å². The zero-order chi connectivity index (χ0) is 18.4. The van der Waals surface area contributed by atoms with Crippen LogP contribution in [0.2, 0.25) is 0 Å². The average Bonchev–Trinajstić information content (AvgIpc) is 3.48. The molecule has 0 bridgehead atoms. The van der Waals surface area contributed by atoms with Crippen LogP contribution in [-0.2, 0) is 18.9 Å². The summed E-state index contributed by atoms with van der Waals surface area (Å²) in [6.07, 6.45) is 5.75. The number of nitrogens with zero attached hydrogens (tertiary/aromatic N) is 2. The van der Waals surface area contributed by atoms with Crippen molar-refractivity contribution in [3.8, 4) is 0 Å². The number of hydrogen-bond acceptors (Lipinski definition) is 6. The van der Waals surface area contributed by atoms with Gasteiger partial charge in [-0.05, 0) is 31.1 Å². The molecule has 154 valence electrons. The van der Waals surface area contributed by atoms with Crippen molar-refractivity contribution in [3.63, 3.8) is 0 Å². The maximum Gasteiger partial charge on any atom is 0.0936 e. The summed E-state index contributed by atoms with van der Waals surface area (Å²) in [6, 6.07) is 1.35. The quantitative estimate of drug-likeness (QED) is 0.505. The molecule has 4 heterocycles. The summed E-state index contributed by atoms with van der Waals surface area (Å²) in [6.45, 7) is 13.0. The summed E-state index contributed by atoms with van der Waals surface area (Å²) in [7, 11) is 0. The van der Waals surface area contributed by atoms with E-state index in [1.165, 1.54) is 19.3 Å². The van der Waals surface area contributed by atoms with Gasteiger partial charge in [0, 0.05) is 38.3 Å². The Kier molecular flexibility index (Phi) is 5.48. The van der Waals surface area contributed by atoms with Gasteiger partial charge in [-0.3, -0.25) is 9.80 Å². The van der Waals surface area contributed by atoms with Gasteiger partial charge in [0.1, 0.15) is 0 Å². The molecule has 6 heteroatoms. The lowest BCUT2D eigenvalue weighted by Crippen LogP contribution is -2.53. The van der Waals surface area contributed by atoms with Crippen LogP contribution in [0.1, 0.15) is 33.1 Å². The van der Waals surface area contributed by atoms with Gasteiger partial charge in [0.25, 0.3) is 0 Å². The van der Waals surface area contributed by atoms with Crippen molar-refractivity contribution in [2.24, 2.45) is 11.8 Å². The highest BCUT2D eigenvalue weighted by Gasteiger charge is 2.43. The molecule has 1 aliphatic carbocycles. The fourth-order valence-corrected chi connectivity index (χ4v) is 5.13. The molecular formula is C21H36N2O4. The molecule has 4 saturated heterocycles. The molecule has 5 fully saturated rings. The molecule has 5 rings (SSSR count). The largest absolute Gasteiger partial charge is 0.372 e. The SMILES string of the molecule is CC(C)[C@H]1CC(N(CC2CO2)CC2CO2)CCC1N(CC1CO1)CC1CO1. The third-order valence-electron chi connectivity index (χ3n) is 7.04.